The zero-order valence-electron chi connectivity index (χ0n) is 15.2. The molecule has 0 amide bonds. The molecule has 1 N–H and O–H groups in total. The van der Waals surface area contributed by atoms with Crippen LogP contribution >= 0.6 is 11.6 Å². The van der Waals surface area contributed by atoms with Crippen LogP contribution in [0.4, 0.5) is 5.82 Å². The van der Waals surface area contributed by atoms with Crippen LogP contribution in [0.15, 0.2) is 6.33 Å². The lowest BCUT2D eigenvalue weighted by Crippen LogP contribution is -2.29. The van der Waals surface area contributed by atoms with Gasteiger partial charge in [0, 0.05) is 38.8 Å². The second-order valence-corrected chi connectivity index (χ2v) is 7.48. The molecule has 2 aliphatic carbocycles. The highest BCUT2D eigenvalue weighted by Crippen LogP contribution is 2.68. The lowest BCUT2D eigenvalue weighted by molar-refractivity contribution is -0.153. The fraction of sp³-hybridized carbons (Fsp3) is 0.588. The van der Waals surface area contributed by atoms with Crippen molar-refractivity contribution in [3.05, 3.63) is 11.6 Å². The van der Waals surface area contributed by atoms with E-state index in [0.717, 1.165) is 6.42 Å². The molecule has 10 heteroatoms. The monoisotopic (exact) mass is 393 g/mol. The number of anilines is 1. The summed E-state index contributed by atoms with van der Waals surface area (Å²) in [5.41, 5.74) is 0.909. The Kier molecular flexibility index (Phi) is 4.21. The molecular formula is C17H20ClN5O4. The van der Waals surface area contributed by atoms with Gasteiger partial charge in [-0.25, -0.2) is 4.98 Å². The Hall–Kier alpha value is -2.42. The number of esters is 2. The number of fused-ring (bicyclic) bond motifs is 2. The van der Waals surface area contributed by atoms with Crippen molar-refractivity contribution in [2.45, 2.75) is 38.8 Å². The van der Waals surface area contributed by atoms with Gasteiger partial charge in [0.1, 0.15) is 12.7 Å². The van der Waals surface area contributed by atoms with E-state index in [-0.39, 0.29) is 47.3 Å². The minimum atomic E-state index is -0.346. The molecule has 0 aliphatic heterocycles. The summed E-state index contributed by atoms with van der Waals surface area (Å²) in [5.74, 6) is 0.0729. The summed E-state index contributed by atoms with van der Waals surface area (Å²) in [6, 6.07) is 0.0191. The van der Waals surface area contributed by atoms with Crippen LogP contribution in [0.25, 0.3) is 11.2 Å². The minimum Gasteiger partial charge on any atom is -0.465 e. The van der Waals surface area contributed by atoms with Crippen molar-refractivity contribution < 1.29 is 19.1 Å². The highest BCUT2D eigenvalue weighted by atomic mass is 35.5. The first kappa shape index (κ1) is 18.0. The number of carbonyl (C=O) groups is 2. The molecule has 2 aromatic rings. The molecule has 4 atom stereocenters. The van der Waals surface area contributed by atoms with Crippen molar-refractivity contribution in [1.29, 1.82) is 0 Å². The number of imidazole rings is 1. The lowest BCUT2D eigenvalue weighted by atomic mass is 10.0. The van der Waals surface area contributed by atoms with Gasteiger partial charge < -0.3 is 19.4 Å². The van der Waals surface area contributed by atoms with Crippen LogP contribution in [-0.2, 0) is 19.1 Å². The molecule has 2 fully saturated rings. The number of hydrogen-bond acceptors (Lipinski definition) is 8. The quantitative estimate of drug-likeness (QED) is 0.606. The third kappa shape index (κ3) is 2.90. The molecule has 2 aliphatic rings. The maximum atomic E-state index is 11.6. The van der Waals surface area contributed by atoms with E-state index in [2.05, 4.69) is 20.3 Å². The summed E-state index contributed by atoms with van der Waals surface area (Å²) in [4.78, 5) is 35.8. The Morgan fingerprint density at radius 3 is 2.81 bits per heavy atom. The van der Waals surface area contributed by atoms with Gasteiger partial charge in [-0.15, -0.1) is 0 Å². The van der Waals surface area contributed by atoms with Crippen LogP contribution < -0.4 is 5.32 Å². The van der Waals surface area contributed by atoms with E-state index in [1.807, 2.05) is 4.57 Å². The van der Waals surface area contributed by atoms with Crippen molar-refractivity contribution in [3.8, 4) is 0 Å². The van der Waals surface area contributed by atoms with Crippen LogP contribution in [0.5, 0.6) is 0 Å². The van der Waals surface area contributed by atoms with Crippen molar-refractivity contribution in [2.24, 2.45) is 11.3 Å². The standard InChI is InChI=1S/C17H20ClN5O4/c1-8(24)26-6-17-5-10(17)11(4-12(17)27-9(2)25)23-7-20-13-14(19-3)21-16(18)22-15(13)23/h7,10-12H,4-6H2,1-3H3,(H,19,21,22)/t10?,11-,12?,17-/m0/s1. The first-order valence-electron chi connectivity index (χ1n) is 8.74. The largest absolute Gasteiger partial charge is 0.465 e. The molecule has 144 valence electrons. The predicted molar refractivity (Wildman–Crippen MR) is 96.3 cm³/mol. The second-order valence-electron chi connectivity index (χ2n) is 7.14. The normalized spacial score (nSPS) is 28.7. The Bertz CT molecular complexity index is 931. The third-order valence-corrected chi connectivity index (χ3v) is 5.75. The van der Waals surface area contributed by atoms with Gasteiger partial charge in [0.25, 0.3) is 0 Å². The van der Waals surface area contributed by atoms with E-state index >= 15 is 0 Å². The Morgan fingerprint density at radius 1 is 1.37 bits per heavy atom. The van der Waals surface area contributed by atoms with E-state index in [4.69, 9.17) is 21.1 Å². The van der Waals surface area contributed by atoms with Gasteiger partial charge >= 0.3 is 11.9 Å². The summed E-state index contributed by atoms with van der Waals surface area (Å²) in [7, 11) is 1.74. The van der Waals surface area contributed by atoms with Crippen LogP contribution in [0, 0.1) is 11.3 Å². The van der Waals surface area contributed by atoms with Gasteiger partial charge in [0.15, 0.2) is 17.0 Å². The first-order chi connectivity index (χ1) is 12.9. The molecule has 2 heterocycles. The molecule has 2 aromatic heterocycles. The van der Waals surface area contributed by atoms with E-state index < -0.39 is 0 Å². The van der Waals surface area contributed by atoms with Gasteiger partial charge in [0.2, 0.25) is 5.28 Å². The van der Waals surface area contributed by atoms with Gasteiger partial charge in [-0.1, -0.05) is 0 Å². The zero-order chi connectivity index (χ0) is 19.3. The van der Waals surface area contributed by atoms with E-state index in [1.165, 1.54) is 13.8 Å². The number of carbonyl (C=O) groups excluding carboxylic acids is 2. The fourth-order valence-corrected chi connectivity index (χ4v) is 4.50. The van der Waals surface area contributed by atoms with E-state index in [1.54, 1.807) is 13.4 Å². The topological polar surface area (TPSA) is 108 Å². The lowest BCUT2D eigenvalue weighted by Gasteiger charge is -2.23. The van der Waals surface area contributed by atoms with E-state index in [9.17, 15) is 9.59 Å². The second kappa shape index (κ2) is 6.33. The maximum absolute atomic E-state index is 11.6. The molecule has 4 rings (SSSR count). The van der Waals surface area contributed by atoms with Gasteiger partial charge in [-0.05, 0) is 23.9 Å². The number of nitrogens with zero attached hydrogens (tertiary/aromatic N) is 4. The summed E-state index contributed by atoms with van der Waals surface area (Å²) in [6.45, 7) is 3.01. The van der Waals surface area contributed by atoms with Crippen molar-refractivity contribution in [1.82, 2.24) is 19.5 Å². The molecule has 0 aromatic carbocycles. The fourth-order valence-electron chi connectivity index (χ4n) is 4.33. The Balaban J connectivity index is 1.69. The average Bonchev–Trinajstić information content (AvgIpc) is 3.07. The Labute approximate surface area is 160 Å². The first-order valence-corrected chi connectivity index (χ1v) is 9.12. The van der Waals surface area contributed by atoms with Crippen molar-refractivity contribution >= 4 is 40.5 Å². The van der Waals surface area contributed by atoms with Crippen molar-refractivity contribution in [3.63, 3.8) is 0 Å². The molecule has 0 spiro atoms. The molecule has 0 bridgehead atoms. The number of aromatic nitrogens is 4. The SMILES string of the molecule is CNc1nc(Cl)nc2c1ncn2[C@H]1CC(OC(C)=O)[C@]2(COC(C)=O)CC12. The smallest absolute Gasteiger partial charge is 0.302 e. The Morgan fingerprint density at radius 2 is 2.15 bits per heavy atom. The molecule has 2 saturated carbocycles. The number of rotatable bonds is 5. The summed E-state index contributed by atoms with van der Waals surface area (Å²) in [5, 5.41) is 3.10. The molecular weight excluding hydrogens is 374 g/mol. The zero-order valence-corrected chi connectivity index (χ0v) is 16.0. The predicted octanol–water partition coefficient (Wildman–Crippen LogP) is 1.97. The third-order valence-electron chi connectivity index (χ3n) is 5.58. The summed E-state index contributed by atoms with van der Waals surface area (Å²) in [6.07, 6.45) is 2.81. The summed E-state index contributed by atoms with van der Waals surface area (Å²) < 4.78 is 12.8. The number of halogens is 1. The minimum absolute atomic E-state index is 0.0191. The number of nitrogens with one attached hydrogen (secondary N) is 1. The molecule has 0 radical (unpaired) electrons. The highest BCUT2D eigenvalue weighted by Gasteiger charge is 2.70. The van der Waals surface area contributed by atoms with Gasteiger partial charge in [0.05, 0.1) is 6.33 Å². The average molecular weight is 394 g/mol. The van der Waals surface area contributed by atoms with Gasteiger partial charge in [-0.2, -0.15) is 9.97 Å². The molecule has 2 unspecified atom stereocenters. The highest BCUT2D eigenvalue weighted by molar-refractivity contribution is 6.28. The van der Waals surface area contributed by atoms with Crippen molar-refractivity contribution in [2.75, 3.05) is 19.0 Å². The van der Waals surface area contributed by atoms with Crippen LogP contribution in [-0.4, -0.2) is 51.2 Å². The molecule has 0 saturated heterocycles. The number of hydrogen-bond donors (Lipinski definition) is 1. The number of ether oxygens (including phenoxy) is 2. The van der Waals surface area contributed by atoms with Crippen LogP contribution in [0.2, 0.25) is 5.28 Å². The van der Waals surface area contributed by atoms with Gasteiger partial charge in [-0.3, -0.25) is 9.59 Å². The summed E-state index contributed by atoms with van der Waals surface area (Å²) >= 11 is 6.06. The molecule has 27 heavy (non-hydrogen) atoms. The maximum Gasteiger partial charge on any atom is 0.302 e. The van der Waals surface area contributed by atoms with E-state index in [0.29, 0.717) is 23.4 Å². The molecule has 9 nitrogen and oxygen atoms in total. The van der Waals surface area contributed by atoms with Crippen LogP contribution in [0.3, 0.4) is 0 Å². The van der Waals surface area contributed by atoms with Crippen LogP contribution in [0.1, 0.15) is 32.7 Å².